The monoisotopic (exact) mass is 271 g/mol. The van der Waals surface area contributed by atoms with E-state index in [2.05, 4.69) is 5.32 Å². The van der Waals surface area contributed by atoms with E-state index in [4.69, 9.17) is 5.11 Å². The second-order valence-corrected chi connectivity index (χ2v) is 5.39. The Hall–Kier alpha value is -1.07. The van der Waals surface area contributed by atoms with E-state index in [0.29, 0.717) is 0 Å². The average molecular weight is 271 g/mol. The Kier molecular flexibility index (Phi) is 6.15. The van der Waals surface area contributed by atoms with Crippen molar-refractivity contribution < 1.29 is 14.3 Å². The number of carbonyl (C=O) groups excluding carboxylic acids is 1. The van der Waals surface area contributed by atoms with Crippen molar-refractivity contribution in [2.75, 3.05) is 12.4 Å². The van der Waals surface area contributed by atoms with Crippen LogP contribution in [0.15, 0.2) is 29.2 Å². The minimum atomic E-state index is -0.288. The minimum absolute atomic E-state index is 0.0649. The Labute approximate surface area is 111 Å². The zero-order valence-electron chi connectivity index (χ0n) is 10.5. The fourth-order valence-corrected chi connectivity index (χ4v) is 2.06. The number of benzene rings is 1. The van der Waals surface area contributed by atoms with Crippen LogP contribution in [0.2, 0.25) is 0 Å². The predicted octanol–water partition coefficient (Wildman–Crippen LogP) is 2.05. The van der Waals surface area contributed by atoms with Gasteiger partial charge in [-0.15, -0.1) is 11.8 Å². The molecule has 0 aliphatic heterocycles. The Morgan fingerprint density at radius 2 is 2.00 bits per heavy atom. The van der Waals surface area contributed by atoms with Crippen LogP contribution in [0.4, 0.5) is 4.39 Å². The number of hydrogen-bond acceptors (Lipinski definition) is 3. The molecule has 1 aromatic carbocycles. The molecular weight excluding hydrogens is 253 g/mol. The topological polar surface area (TPSA) is 49.3 Å². The van der Waals surface area contributed by atoms with Crippen molar-refractivity contribution in [2.45, 2.75) is 24.8 Å². The number of hydrogen-bond donors (Lipinski definition) is 2. The van der Waals surface area contributed by atoms with Crippen molar-refractivity contribution in [1.29, 1.82) is 0 Å². The van der Waals surface area contributed by atoms with Crippen molar-refractivity contribution >= 4 is 17.7 Å². The van der Waals surface area contributed by atoms with Gasteiger partial charge >= 0.3 is 0 Å². The highest BCUT2D eigenvalue weighted by Gasteiger charge is 2.14. The van der Waals surface area contributed by atoms with E-state index in [1.807, 2.05) is 13.8 Å². The number of rotatable bonds is 6. The molecule has 5 heteroatoms. The molecule has 3 nitrogen and oxygen atoms in total. The van der Waals surface area contributed by atoms with Gasteiger partial charge in [-0.3, -0.25) is 4.79 Å². The zero-order valence-corrected chi connectivity index (χ0v) is 11.3. The molecule has 0 fully saturated rings. The van der Waals surface area contributed by atoms with Gasteiger partial charge in [0.05, 0.1) is 18.4 Å². The average Bonchev–Trinajstić information content (AvgIpc) is 2.35. The highest BCUT2D eigenvalue weighted by molar-refractivity contribution is 8.00. The van der Waals surface area contributed by atoms with Crippen molar-refractivity contribution in [3.8, 4) is 0 Å². The van der Waals surface area contributed by atoms with Gasteiger partial charge in [-0.1, -0.05) is 13.8 Å². The molecule has 100 valence electrons. The van der Waals surface area contributed by atoms with E-state index < -0.39 is 0 Å². The fourth-order valence-electron chi connectivity index (χ4n) is 1.35. The SMILES string of the molecule is CC(C)C(CO)NC(=O)CSc1ccc(F)cc1. The number of nitrogens with one attached hydrogen (secondary N) is 1. The van der Waals surface area contributed by atoms with Crippen LogP contribution < -0.4 is 5.32 Å². The first-order valence-electron chi connectivity index (χ1n) is 5.81. The van der Waals surface area contributed by atoms with E-state index >= 15 is 0 Å². The molecule has 0 aliphatic carbocycles. The van der Waals surface area contributed by atoms with E-state index in [1.54, 1.807) is 12.1 Å². The molecule has 0 aromatic heterocycles. The Morgan fingerprint density at radius 3 is 2.50 bits per heavy atom. The molecular formula is C13H18FNO2S. The highest BCUT2D eigenvalue weighted by atomic mass is 32.2. The second-order valence-electron chi connectivity index (χ2n) is 4.34. The van der Waals surface area contributed by atoms with Crippen molar-refractivity contribution in [1.82, 2.24) is 5.32 Å². The Morgan fingerprint density at radius 1 is 1.39 bits per heavy atom. The third-order valence-electron chi connectivity index (χ3n) is 2.53. The summed E-state index contributed by atoms with van der Waals surface area (Å²) >= 11 is 1.34. The Bertz CT molecular complexity index is 381. The number of aliphatic hydroxyl groups excluding tert-OH is 1. The number of thioether (sulfide) groups is 1. The van der Waals surface area contributed by atoms with Crippen LogP contribution in [-0.4, -0.2) is 29.4 Å². The fraction of sp³-hybridized carbons (Fsp3) is 0.462. The maximum absolute atomic E-state index is 12.7. The van der Waals surface area contributed by atoms with Gasteiger partial charge in [0.2, 0.25) is 5.91 Å². The van der Waals surface area contributed by atoms with Crippen molar-refractivity contribution in [3.05, 3.63) is 30.1 Å². The van der Waals surface area contributed by atoms with Gasteiger partial charge in [-0.2, -0.15) is 0 Å². The van der Waals surface area contributed by atoms with Gasteiger partial charge in [-0.05, 0) is 30.2 Å². The predicted molar refractivity (Wildman–Crippen MR) is 71.0 cm³/mol. The molecule has 0 saturated carbocycles. The number of halogens is 1. The van der Waals surface area contributed by atoms with Crippen LogP contribution in [0.1, 0.15) is 13.8 Å². The third kappa shape index (κ3) is 5.06. The molecule has 1 atom stereocenters. The maximum Gasteiger partial charge on any atom is 0.230 e. The van der Waals surface area contributed by atoms with E-state index in [9.17, 15) is 9.18 Å². The summed E-state index contributed by atoms with van der Waals surface area (Å²) in [6, 6.07) is 5.79. The summed E-state index contributed by atoms with van der Waals surface area (Å²) in [4.78, 5) is 12.5. The number of amides is 1. The first kappa shape index (κ1) is 15.0. The summed E-state index contributed by atoms with van der Waals surface area (Å²) in [5, 5.41) is 11.9. The van der Waals surface area contributed by atoms with Crippen LogP contribution in [0.5, 0.6) is 0 Å². The summed E-state index contributed by atoms with van der Waals surface area (Å²) in [7, 11) is 0. The third-order valence-corrected chi connectivity index (χ3v) is 3.54. The lowest BCUT2D eigenvalue weighted by atomic mass is 10.1. The summed E-state index contributed by atoms with van der Waals surface area (Å²) < 4.78 is 12.7. The molecule has 1 unspecified atom stereocenters. The van der Waals surface area contributed by atoms with Gasteiger partial charge in [0, 0.05) is 4.90 Å². The van der Waals surface area contributed by atoms with E-state index in [0.717, 1.165) is 4.90 Å². The highest BCUT2D eigenvalue weighted by Crippen LogP contribution is 2.17. The van der Waals surface area contributed by atoms with Crippen molar-refractivity contribution in [2.24, 2.45) is 5.92 Å². The molecule has 18 heavy (non-hydrogen) atoms. The molecule has 0 saturated heterocycles. The summed E-state index contributed by atoms with van der Waals surface area (Å²) in [5.74, 6) is 0.0327. The van der Waals surface area contributed by atoms with E-state index in [-0.39, 0.29) is 36.0 Å². The summed E-state index contributed by atoms with van der Waals surface area (Å²) in [6.07, 6.45) is 0. The first-order chi connectivity index (χ1) is 8.52. The zero-order chi connectivity index (χ0) is 13.5. The van der Waals surface area contributed by atoms with Crippen LogP contribution in [0.25, 0.3) is 0 Å². The van der Waals surface area contributed by atoms with Crippen LogP contribution in [0.3, 0.4) is 0 Å². The van der Waals surface area contributed by atoms with Crippen LogP contribution in [-0.2, 0) is 4.79 Å². The Balaban J connectivity index is 2.39. The smallest absolute Gasteiger partial charge is 0.230 e. The van der Waals surface area contributed by atoms with Crippen LogP contribution in [0, 0.1) is 11.7 Å². The normalized spacial score (nSPS) is 12.5. The quantitative estimate of drug-likeness (QED) is 0.779. The molecule has 0 bridgehead atoms. The largest absolute Gasteiger partial charge is 0.394 e. The van der Waals surface area contributed by atoms with E-state index in [1.165, 1.54) is 23.9 Å². The molecule has 0 heterocycles. The number of carbonyl (C=O) groups is 1. The standard InChI is InChI=1S/C13H18FNO2S/c1-9(2)12(7-16)15-13(17)8-18-11-5-3-10(14)4-6-11/h3-6,9,12,16H,7-8H2,1-2H3,(H,15,17). The lowest BCUT2D eigenvalue weighted by Gasteiger charge is -2.19. The van der Waals surface area contributed by atoms with Crippen LogP contribution >= 0.6 is 11.8 Å². The molecule has 0 spiro atoms. The molecule has 0 aliphatic rings. The second kappa shape index (κ2) is 7.38. The molecule has 1 rings (SSSR count). The van der Waals surface area contributed by atoms with Gasteiger partial charge in [-0.25, -0.2) is 4.39 Å². The number of aliphatic hydroxyl groups is 1. The van der Waals surface area contributed by atoms with Gasteiger partial charge in [0.25, 0.3) is 0 Å². The van der Waals surface area contributed by atoms with Crippen molar-refractivity contribution in [3.63, 3.8) is 0 Å². The van der Waals surface area contributed by atoms with Gasteiger partial charge < -0.3 is 10.4 Å². The summed E-state index contributed by atoms with van der Waals surface area (Å²) in [5.41, 5.74) is 0. The molecule has 1 amide bonds. The van der Waals surface area contributed by atoms with Gasteiger partial charge in [0.15, 0.2) is 0 Å². The molecule has 1 aromatic rings. The minimum Gasteiger partial charge on any atom is -0.394 e. The van der Waals surface area contributed by atoms with Gasteiger partial charge in [0.1, 0.15) is 5.82 Å². The molecule has 0 radical (unpaired) electrons. The summed E-state index contributed by atoms with van der Waals surface area (Å²) in [6.45, 7) is 3.81. The molecule has 2 N–H and O–H groups in total. The maximum atomic E-state index is 12.7. The lowest BCUT2D eigenvalue weighted by molar-refractivity contribution is -0.119. The lowest BCUT2D eigenvalue weighted by Crippen LogP contribution is -2.41. The first-order valence-corrected chi connectivity index (χ1v) is 6.80.